The summed E-state index contributed by atoms with van der Waals surface area (Å²) in [6, 6.07) is 0.246. The SMILES string of the molecule is CN(C(=O)NC(C)(C)CCC(=O)O)C1CCC1. The van der Waals surface area contributed by atoms with E-state index in [0.717, 1.165) is 12.8 Å². The van der Waals surface area contributed by atoms with Crippen LogP contribution >= 0.6 is 0 Å². The van der Waals surface area contributed by atoms with E-state index in [1.807, 2.05) is 13.8 Å². The molecule has 1 saturated carbocycles. The van der Waals surface area contributed by atoms with Crippen molar-refractivity contribution in [3.8, 4) is 0 Å². The Morgan fingerprint density at radius 1 is 1.41 bits per heavy atom. The van der Waals surface area contributed by atoms with Gasteiger partial charge >= 0.3 is 12.0 Å². The highest BCUT2D eigenvalue weighted by molar-refractivity contribution is 5.75. The van der Waals surface area contributed by atoms with Gasteiger partial charge in [-0.15, -0.1) is 0 Å². The van der Waals surface area contributed by atoms with E-state index >= 15 is 0 Å². The van der Waals surface area contributed by atoms with E-state index in [0.29, 0.717) is 12.5 Å². The molecule has 98 valence electrons. The van der Waals surface area contributed by atoms with Gasteiger partial charge in [0.05, 0.1) is 0 Å². The number of hydrogen-bond donors (Lipinski definition) is 2. The maximum atomic E-state index is 11.9. The van der Waals surface area contributed by atoms with Crippen LogP contribution in [0.2, 0.25) is 0 Å². The summed E-state index contributed by atoms with van der Waals surface area (Å²) in [5.41, 5.74) is -0.479. The molecule has 17 heavy (non-hydrogen) atoms. The third-order valence-corrected chi connectivity index (χ3v) is 3.35. The minimum atomic E-state index is -0.834. The minimum absolute atomic E-state index is 0.0699. The van der Waals surface area contributed by atoms with Crippen LogP contribution in [-0.4, -0.2) is 40.6 Å². The molecule has 0 aromatic rings. The highest BCUT2D eigenvalue weighted by atomic mass is 16.4. The van der Waals surface area contributed by atoms with Gasteiger partial charge < -0.3 is 15.3 Å². The van der Waals surface area contributed by atoms with Crippen LogP contribution in [0.4, 0.5) is 4.79 Å². The van der Waals surface area contributed by atoms with Crippen LogP contribution < -0.4 is 5.32 Å². The van der Waals surface area contributed by atoms with Gasteiger partial charge in [0.15, 0.2) is 0 Å². The Morgan fingerprint density at radius 2 is 2.00 bits per heavy atom. The summed E-state index contributed by atoms with van der Waals surface area (Å²) in [7, 11) is 1.80. The number of hydrogen-bond acceptors (Lipinski definition) is 2. The topological polar surface area (TPSA) is 69.6 Å². The third kappa shape index (κ3) is 4.24. The summed E-state index contributed by atoms with van der Waals surface area (Å²) in [5, 5.41) is 11.5. The van der Waals surface area contributed by atoms with E-state index in [-0.39, 0.29) is 12.5 Å². The van der Waals surface area contributed by atoms with Crippen molar-refractivity contribution in [2.24, 2.45) is 0 Å². The lowest BCUT2D eigenvalue weighted by molar-refractivity contribution is -0.137. The van der Waals surface area contributed by atoms with Gasteiger partial charge in [-0.1, -0.05) is 0 Å². The molecule has 0 bridgehead atoms. The molecule has 0 saturated heterocycles. The van der Waals surface area contributed by atoms with Gasteiger partial charge in [0, 0.05) is 25.0 Å². The first kappa shape index (κ1) is 13.8. The fourth-order valence-corrected chi connectivity index (χ4v) is 1.80. The van der Waals surface area contributed by atoms with Crippen LogP contribution in [0.5, 0.6) is 0 Å². The molecule has 1 rings (SSSR count). The maximum absolute atomic E-state index is 11.9. The molecule has 0 atom stereocenters. The second kappa shape index (κ2) is 5.38. The summed E-state index contributed by atoms with van der Waals surface area (Å²) in [5.74, 6) is -0.834. The normalized spacial score (nSPS) is 16.2. The lowest BCUT2D eigenvalue weighted by Crippen LogP contribution is -2.53. The summed E-state index contributed by atoms with van der Waals surface area (Å²) < 4.78 is 0. The molecule has 5 nitrogen and oxygen atoms in total. The van der Waals surface area contributed by atoms with Crippen molar-refractivity contribution in [2.75, 3.05) is 7.05 Å². The Hall–Kier alpha value is -1.26. The number of carbonyl (C=O) groups is 2. The maximum Gasteiger partial charge on any atom is 0.317 e. The molecule has 0 spiro atoms. The summed E-state index contributed by atoms with van der Waals surface area (Å²) >= 11 is 0. The molecule has 1 aliphatic carbocycles. The molecule has 2 amide bonds. The molecule has 5 heteroatoms. The highest BCUT2D eigenvalue weighted by Crippen LogP contribution is 2.24. The number of rotatable bonds is 5. The van der Waals surface area contributed by atoms with E-state index in [9.17, 15) is 9.59 Å². The first-order chi connectivity index (χ1) is 7.82. The molecule has 0 radical (unpaired) electrons. The molecule has 0 aromatic heterocycles. The van der Waals surface area contributed by atoms with E-state index in [1.54, 1.807) is 11.9 Å². The number of aliphatic carboxylic acids is 1. The second-order valence-electron chi connectivity index (χ2n) is 5.40. The van der Waals surface area contributed by atoms with Crippen molar-refractivity contribution in [3.05, 3.63) is 0 Å². The van der Waals surface area contributed by atoms with Crippen molar-refractivity contribution in [1.82, 2.24) is 10.2 Å². The van der Waals surface area contributed by atoms with Gasteiger partial charge in [-0.25, -0.2) is 4.79 Å². The van der Waals surface area contributed by atoms with E-state index < -0.39 is 11.5 Å². The average molecular weight is 242 g/mol. The Kier molecular flexibility index (Phi) is 4.37. The monoisotopic (exact) mass is 242 g/mol. The van der Waals surface area contributed by atoms with E-state index in [2.05, 4.69) is 5.32 Å². The van der Waals surface area contributed by atoms with E-state index in [4.69, 9.17) is 5.11 Å². The van der Waals surface area contributed by atoms with Crippen LogP contribution in [0.3, 0.4) is 0 Å². The first-order valence-electron chi connectivity index (χ1n) is 6.08. The summed E-state index contributed by atoms with van der Waals surface area (Å²) in [4.78, 5) is 24.1. The van der Waals surface area contributed by atoms with Crippen LogP contribution in [0.15, 0.2) is 0 Å². The zero-order valence-electron chi connectivity index (χ0n) is 10.8. The molecule has 2 N–H and O–H groups in total. The average Bonchev–Trinajstić information content (AvgIpc) is 2.11. The van der Waals surface area contributed by atoms with Gasteiger partial charge in [-0.05, 0) is 39.5 Å². The molecule has 0 heterocycles. The largest absolute Gasteiger partial charge is 0.481 e. The Balaban J connectivity index is 2.39. The molecule has 0 unspecified atom stereocenters. The predicted molar refractivity (Wildman–Crippen MR) is 64.9 cm³/mol. The summed E-state index contributed by atoms with van der Waals surface area (Å²) in [6.07, 6.45) is 3.83. The number of amides is 2. The van der Waals surface area contributed by atoms with Crippen molar-refractivity contribution in [1.29, 1.82) is 0 Å². The number of carbonyl (C=O) groups excluding carboxylic acids is 1. The van der Waals surface area contributed by atoms with Gasteiger partial charge in [0.2, 0.25) is 0 Å². The zero-order chi connectivity index (χ0) is 13.1. The molecule has 0 aromatic carbocycles. The number of nitrogens with one attached hydrogen (secondary N) is 1. The summed E-state index contributed by atoms with van der Waals surface area (Å²) in [6.45, 7) is 3.70. The van der Waals surface area contributed by atoms with Gasteiger partial charge in [-0.3, -0.25) is 4.79 Å². The van der Waals surface area contributed by atoms with Gasteiger partial charge in [0.1, 0.15) is 0 Å². The Morgan fingerprint density at radius 3 is 2.41 bits per heavy atom. The Bertz CT molecular complexity index is 298. The van der Waals surface area contributed by atoms with Gasteiger partial charge in [0.25, 0.3) is 0 Å². The van der Waals surface area contributed by atoms with Crippen LogP contribution in [0, 0.1) is 0 Å². The van der Waals surface area contributed by atoms with Gasteiger partial charge in [-0.2, -0.15) is 0 Å². The lowest BCUT2D eigenvalue weighted by atomic mass is 9.92. The zero-order valence-corrected chi connectivity index (χ0v) is 10.8. The highest BCUT2D eigenvalue weighted by Gasteiger charge is 2.29. The minimum Gasteiger partial charge on any atom is -0.481 e. The number of nitrogens with zero attached hydrogens (tertiary/aromatic N) is 1. The van der Waals surface area contributed by atoms with Crippen molar-refractivity contribution < 1.29 is 14.7 Å². The van der Waals surface area contributed by atoms with Crippen molar-refractivity contribution >= 4 is 12.0 Å². The molecule has 1 aliphatic rings. The number of carboxylic acid groups (broad SMARTS) is 1. The standard InChI is InChI=1S/C12H22N2O3/c1-12(2,8-7-10(15)16)13-11(17)14(3)9-5-4-6-9/h9H,4-8H2,1-3H3,(H,13,17)(H,15,16). The fraction of sp³-hybridized carbons (Fsp3) is 0.833. The van der Waals surface area contributed by atoms with Crippen LogP contribution in [-0.2, 0) is 4.79 Å². The van der Waals surface area contributed by atoms with Crippen LogP contribution in [0.25, 0.3) is 0 Å². The molecule has 1 fully saturated rings. The quantitative estimate of drug-likeness (QED) is 0.772. The van der Waals surface area contributed by atoms with Crippen molar-refractivity contribution in [2.45, 2.75) is 57.5 Å². The van der Waals surface area contributed by atoms with Crippen molar-refractivity contribution in [3.63, 3.8) is 0 Å². The first-order valence-corrected chi connectivity index (χ1v) is 6.08. The fourth-order valence-electron chi connectivity index (χ4n) is 1.80. The lowest BCUT2D eigenvalue weighted by Gasteiger charge is -2.37. The number of urea groups is 1. The smallest absolute Gasteiger partial charge is 0.317 e. The van der Waals surface area contributed by atoms with Crippen LogP contribution in [0.1, 0.15) is 46.0 Å². The van der Waals surface area contributed by atoms with E-state index in [1.165, 1.54) is 6.42 Å². The Labute approximate surface area is 102 Å². The predicted octanol–water partition coefficient (Wildman–Crippen LogP) is 1.82. The molecular weight excluding hydrogens is 220 g/mol. The molecular formula is C12H22N2O3. The number of carboxylic acids is 1. The third-order valence-electron chi connectivity index (χ3n) is 3.35. The second-order valence-corrected chi connectivity index (χ2v) is 5.40. The molecule has 0 aliphatic heterocycles.